The third-order valence-electron chi connectivity index (χ3n) is 16.1. The van der Waals surface area contributed by atoms with Gasteiger partial charge >= 0.3 is 24.4 Å². The standard InChI is InChI=1S/C25H22F3N3O4.C25H25N3O3.C20H19F3N2O3.C6H6N2O2.CH4/c26-25(27,28)35-20-7-4-17(5-8-20)18-6-9-22-21(15-18)24(33)31(13-14-34-22)12-1-3-19(32)16-23-29-10-2-11-30-23;1-18-5-7-19(8-6-18)20-9-10-23-22(16-20)25(30)28(14-15-31-23)13-2-4-21(29)17-24-26-11-3-12-27-24;1-13-2-4-14(5-3-13)15-6-7-17-16(12-15)18(26)25(10-11-28-17)9-8-24-19(27)20(21,22)23;9-6(10)4-5-7-2-1-3-8-5;/h2,4-11,15H,1,3,12-14,16H2;3,5-12,16H,2,4,13-15,17H2,1H3;2-7,12H,8-11H2,1H3,(H,24,27);1-3H,4H2,(H,9,10);1H4. The number of ketones is 2. The number of ether oxygens (including phenoxy) is 4. The van der Waals surface area contributed by atoms with Gasteiger partial charge in [-0.1, -0.05) is 97.4 Å². The Morgan fingerprint density at radius 3 is 1.12 bits per heavy atom. The number of benzene rings is 6. The summed E-state index contributed by atoms with van der Waals surface area (Å²) in [6, 6.07) is 42.7. The van der Waals surface area contributed by atoms with Gasteiger partial charge in [0.1, 0.15) is 78.3 Å². The average molecular weight is 1450 g/mol. The number of hydrogen-bond donors (Lipinski definition) is 2. The lowest BCUT2D eigenvalue weighted by molar-refractivity contribution is -0.274. The van der Waals surface area contributed by atoms with Gasteiger partial charge in [-0.2, -0.15) is 13.2 Å². The molecule has 3 aliphatic rings. The molecule has 12 rings (SSSR count). The number of nitrogens with one attached hydrogen (secondary N) is 1. The number of aryl methyl sites for hydroxylation is 2. The van der Waals surface area contributed by atoms with Crippen molar-refractivity contribution in [2.75, 3.05) is 65.6 Å². The first-order valence-corrected chi connectivity index (χ1v) is 33.0. The van der Waals surface area contributed by atoms with Gasteiger partial charge in [-0.3, -0.25) is 33.6 Å². The van der Waals surface area contributed by atoms with Gasteiger partial charge in [-0.25, -0.2) is 29.9 Å². The van der Waals surface area contributed by atoms with Gasteiger partial charge in [-0.05, 0) is 127 Å². The quantitative estimate of drug-likeness (QED) is 0.0632. The maximum absolute atomic E-state index is 13.2. The summed E-state index contributed by atoms with van der Waals surface area (Å²) in [5.41, 5.74) is 8.68. The SMILES string of the molecule is C.Cc1ccc(-c2ccc3c(c2)C(=O)N(CCCC(=O)Cc2ncccn2)CCO3)cc1.Cc1ccc(-c2ccc3c(c2)C(=O)N(CCNC(=O)C(F)(F)F)CCO3)cc1.O=C(CCCN1CCOc2ccc(-c3ccc(OC(F)(F)F)cc3)cc2C1=O)Cc1ncccn1.O=C(O)Cc1ncccn1. The Bertz CT molecular complexity index is 4410. The number of hydrogen-bond acceptors (Lipinski definition) is 17. The molecule has 548 valence electrons. The van der Waals surface area contributed by atoms with Crippen LogP contribution < -0.4 is 24.3 Å². The molecule has 2 N–H and O–H groups in total. The molecule has 0 fully saturated rings. The fourth-order valence-corrected chi connectivity index (χ4v) is 10.9. The number of carbonyl (C=O) groups excluding carboxylic acids is 6. The molecule has 6 aromatic carbocycles. The van der Waals surface area contributed by atoms with Gasteiger partial charge in [0.05, 0.1) is 49.2 Å². The second-order valence-corrected chi connectivity index (χ2v) is 23.8. The van der Waals surface area contributed by atoms with Crippen LogP contribution in [0.2, 0.25) is 0 Å². The maximum atomic E-state index is 13.2. The van der Waals surface area contributed by atoms with Gasteiger partial charge in [0.2, 0.25) is 0 Å². The van der Waals surface area contributed by atoms with Crippen molar-refractivity contribution in [3.63, 3.8) is 0 Å². The van der Waals surface area contributed by atoms with E-state index < -0.39 is 24.4 Å². The number of fused-ring (bicyclic) bond motifs is 3. The van der Waals surface area contributed by atoms with E-state index in [-0.39, 0.29) is 88.0 Å². The second-order valence-electron chi connectivity index (χ2n) is 23.8. The Morgan fingerprint density at radius 1 is 0.467 bits per heavy atom. The maximum Gasteiger partial charge on any atom is 0.573 e. The summed E-state index contributed by atoms with van der Waals surface area (Å²) in [6.07, 6.45) is 1.80. The number of carboxylic acids is 1. The first-order valence-electron chi connectivity index (χ1n) is 33.0. The van der Waals surface area contributed by atoms with Gasteiger partial charge in [0, 0.05) is 76.2 Å². The van der Waals surface area contributed by atoms with Crippen molar-refractivity contribution in [1.82, 2.24) is 49.9 Å². The lowest BCUT2D eigenvalue weighted by atomic mass is 10.0. The van der Waals surface area contributed by atoms with Crippen molar-refractivity contribution < 1.29 is 84.0 Å². The fraction of sp³-hybridized carbons (Fsp3) is 0.286. The van der Waals surface area contributed by atoms with E-state index in [0.29, 0.717) is 128 Å². The summed E-state index contributed by atoms with van der Waals surface area (Å²) in [5.74, 6) is -0.982. The molecule has 0 saturated carbocycles. The molecule has 0 bridgehead atoms. The van der Waals surface area contributed by atoms with Crippen LogP contribution in [-0.2, 0) is 38.4 Å². The van der Waals surface area contributed by atoms with Crippen LogP contribution in [-0.4, -0.2) is 169 Å². The van der Waals surface area contributed by atoms with E-state index in [1.165, 1.54) is 47.1 Å². The number of aliphatic carboxylic acids is 1. The molecule has 0 radical (unpaired) electrons. The molecule has 3 aliphatic heterocycles. The summed E-state index contributed by atoms with van der Waals surface area (Å²) < 4.78 is 95.1. The number of rotatable bonds is 21. The summed E-state index contributed by atoms with van der Waals surface area (Å²) in [4.78, 5) is 113. The summed E-state index contributed by atoms with van der Waals surface area (Å²) in [7, 11) is 0. The van der Waals surface area contributed by atoms with E-state index in [2.05, 4.69) is 58.9 Å². The van der Waals surface area contributed by atoms with Crippen LogP contribution >= 0.6 is 0 Å². The zero-order chi connectivity index (χ0) is 74.2. The largest absolute Gasteiger partial charge is 0.573 e. The fourth-order valence-electron chi connectivity index (χ4n) is 10.9. The van der Waals surface area contributed by atoms with Crippen molar-refractivity contribution >= 4 is 41.2 Å². The molecule has 0 aliphatic carbocycles. The number of aromatic nitrogens is 6. The minimum atomic E-state index is -4.94. The third kappa shape index (κ3) is 24.1. The Labute approximate surface area is 601 Å². The number of nitrogens with zero attached hydrogens (tertiary/aromatic N) is 9. The van der Waals surface area contributed by atoms with Crippen LogP contribution in [0.15, 0.2) is 183 Å². The Balaban J connectivity index is 0.000000186. The van der Waals surface area contributed by atoms with Crippen LogP contribution in [0.4, 0.5) is 26.3 Å². The van der Waals surface area contributed by atoms with E-state index in [1.54, 1.807) is 88.4 Å². The van der Waals surface area contributed by atoms with E-state index in [4.69, 9.17) is 19.3 Å². The van der Waals surface area contributed by atoms with E-state index in [9.17, 15) is 59.9 Å². The van der Waals surface area contributed by atoms with Crippen molar-refractivity contribution in [2.24, 2.45) is 0 Å². The lowest BCUT2D eigenvalue weighted by Crippen LogP contribution is -2.43. The number of amides is 4. The van der Waals surface area contributed by atoms with Crippen LogP contribution in [0.5, 0.6) is 23.0 Å². The Kier molecular flexibility index (Phi) is 28.4. The van der Waals surface area contributed by atoms with Crippen molar-refractivity contribution in [2.45, 2.75) is 78.8 Å². The average Bonchev–Trinajstić information content (AvgIpc) is 1.75. The number of carbonyl (C=O) groups is 7. The number of carboxylic acid groups (broad SMARTS) is 1. The van der Waals surface area contributed by atoms with E-state index in [0.717, 1.165) is 27.8 Å². The predicted molar refractivity (Wildman–Crippen MR) is 375 cm³/mol. The minimum absolute atomic E-state index is 0. The van der Waals surface area contributed by atoms with Gasteiger partial charge in [-0.15, -0.1) is 13.2 Å². The zero-order valence-electron chi connectivity index (χ0n) is 56.6. The predicted octanol–water partition coefficient (Wildman–Crippen LogP) is 12.3. The first-order chi connectivity index (χ1) is 49.9. The molecule has 0 spiro atoms. The molecule has 0 unspecified atom stereocenters. The summed E-state index contributed by atoms with van der Waals surface area (Å²) >= 11 is 0. The topological polar surface area (TPSA) is 276 Å². The lowest BCUT2D eigenvalue weighted by Gasteiger charge is -2.20. The minimum Gasteiger partial charge on any atom is -0.491 e. The number of alkyl halides is 6. The number of halogens is 6. The van der Waals surface area contributed by atoms with Crippen molar-refractivity contribution in [1.29, 1.82) is 0 Å². The molecule has 6 heterocycles. The van der Waals surface area contributed by atoms with Crippen LogP contribution in [0, 0.1) is 13.8 Å². The third-order valence-corrected chi connectivity index (χ3v) is 16.1. The molecule has 4 amide bonds. The zero-order valence-corrected chi connectivity index (χ0v) is 56.6. The van der Waals surface area contributed by atoms with E-state index in [1.807, 2.05) is 62.4 Å². The van der Waals surface area contributed by atoms with Gasteiger partial charge in [0.15, 0.2) is 0 Å². The molecule has 22 nitrogen and oxygen atoms in total. The Hall–Kier alpha value is -12.0. The normalized spacial score (nSPS) is 13.1. The summed E-state index contributed by atoms with van der Waals surface area (Å²) in [6.45, 7) is 6.66. The highest BCUT2D eigenvalue weighted by atomic mass is 19.4. The van der Waals surface area contributed by atoms with E-state index >= 15 is 0 Å². The molecule has 9 aromatic rings. The molecule has 0 atom stereocenters. The van der Waals surface area contributed by atoms with Gasteiger partial charge in [0.25, 0.3) is 17.7 Å². The Morgan fingerprint density at radius 2 is 0.790 bits per heavy atom. The van der Waals surface area contributed by atoms with Crippen LogP contribution in [0.3, 0.4) is 0 Å². The molecule has 0 saturated heterocycles. The highest BCUT2D eigenvalue weighted by Crippen LogP contribution is 2.34. The number of Topliss-reactive ketones (excluding diaryl/α,β-unsaturated/α-hetero) is 2. The molecule has 105 heavy (non-hydrogen) atoms. The van der Waals surface area contributed by atoms with Crippen LogP contribution in [0.25, 0.3) is 33.4 Å². The second kappa shape index (κ2) is 37.8. The van der Waals surface area contributed by atoms with Crippen molar-refractivity contribution in [3.8, 4) is 56.4 Å². The molecule has 3 aromatic heterocycles. The molecule has 28 heteroatoms. The summed E-state index contributed by atoms with van der Waals surface area (Å²) in [5, 5.41) is 10.1. The molecular formula is C77H76F6N10O12. The first kappa shape index (κ1) is 78.7. The monoisotopic (exact) mass is 1450 g/mol. The van der Waals surface area contributed by atoms with Crippen molar-refractivity contribution in [3.05, 3.63) is 228 Å². The molecular weight excluding hydrogens is 1370 g/mol. The highest BCUT2D eigenvalue weighted by molar-refractivity contribution is 6.00. The van der Waals surface area contributed by atoms with Crippen LogP contribution in [0.1, 0.15) is 92.8 Å². The smallest absolute Gasteiger partial charge is 0.491 e. The highest BCUT2D eigenvalue weighted by Gasteiger charge is 2.38. The van der Waals surface area contributed by atoms with Gasteiger partial charge < -0.3 is 44.1 Å².